The number of thiazole rings is 1. The highest BCUT2D eigenvalue weighted by atomic mass is 32.1. The summed E-state index contributed by atoms with van der Waals surface area (Å²) < 4.78 is 5.03. The average molecular weight is 213 g/mol. The van der Waals surface area contributed by atoms with E-state index in [9.17, 15) is 5.11 Å². The topological polar surface area (TPSA) is 42.4 Å². The summed E-state index contributed by atoms with van der Waals surface area (Å²) in [6, 6.07) is 0. The predicted octanol–water partition coefficient (Wildman–Crippen LogP) is 2.30. The molecule has 0 aromatic carbocycles. The molecule has 3 nitrogen and oxygen atoms in total. The summed E-state index contributed by atoms with van der Waals surface area (Å²) in [5.41, 5.74) is 0.102. The smallest absolute Gasteiger partial charge is 0.273 e. The normalized spacial score (nSPS) is 20.7. The molecule has 0 unspecified atom stereocenters. The SMILES string of the molecule is COc1nc(C2(O)CCCCC2)cs1. The molecule has 0 amide bonds. The van der Waals surface area contributed by atoms with Crippen LogP contribution in [0.3, 0.4) is 0 Å². The highest BCUT2D eigenvalue weighted by Crippen LogP contribution is 2.38. The van der Waals surface area contributed by atoms with Crippen LogP contribution in [0.1, 0.15) is 37.8 Å². The number of aromatic nitrogens is 1. The van der Waals surface area contributed by atoms with Crippen molar-refractivity contribution in [1.82, 2.24) is 4.98 Å². The van der Waals surface area contributed by atoms with Crippen molar-refractivity contribution < 1.29 is 9.84 Å². The van der Waals surface area contributed by atoms with Crippen molar-refractivity contribution in [3.63, 3.8) is 0 Å². The largest absolute Gasteiger partial charge is 0.473 e. The molecule has 1 aliphatic carbocycles. The van der Waals surface area contributed by atoms with E-state index >= 15 is 0 Å². The van der Waals surface area contributed by atoms with Gasteiger partial charge in [0.1, 0.15) is 5.60 Å². The zero-order chi connectivity index (χ0) is 10.0. The highest BCUT2D eigenvalue weighted by molar-refractivity contribution is 7.11. The van der Waals surface area contributed by atoms with Crippen LogP contribution < -0.4 is 4.74 Å². The maximum atomic E-state index is 10.3. The lowest BCUT2D eigenvalue weighted by atomic mass is 9.83. The van der Waals surface area contributed by atoms with Crippen molar-refractivity contribution in [2.75, 3.05) is 7.11 Å². The van der Waals surface area contributed by atoms with E-state index < -0.39 is 5.60 Å². The lowest BCUT2D eigenvalue weighted by Gasteiger charge is -2.30. The minimum atomic E-state index is -0.689. The number of rotatable bonds is 2. The molecular weight excluding hydrogens is 198 g/mol. The molecule has 2 rings (SSSR count). The molecular formula is C10H15NO2S. The number of aliphatic hydroxyl groups is 1. The minimum absolute atomic E-state index is 0.638. The Morgan fingerprint density at radius 2 is 2.14 bits per heavy atom. The van der Waals surface area contributed by atoms with Crippen LogP contribution in [0.5, 0.6) is 5.19 Å². The van der Waals surface area contributed by atoms with Crippen molar-refractivity contribution in [1.29, 1.82) is 0 Å². The first kappa shape index (κ1) is 9.93. The van der Waals surface area contributed by atoms with Crippen molar-refractivity contribution >= 4 is 11.3 Å². The van der Waals surface area contributed by atoms with E-state index in [1.165, 1.54) is 17.8 Å². The second kappa shape index (κ2) is 3.87. The molecule has 1 saturated carbocycles. The number of hydrogen-bond donors (Lipinski definition) is 1. The van der Waals surface area contributed by atoms with Crippen LogP contribution in [0.25, 0.3) is 0 Å². The third kappa shape index (κ3) is 1.77. The van der Waals surface area contributed by atoms with Crippen molar-refractivity contribution in [3.05, 3.63) is 11.1 Å². The first-order valence-corrected chi connectivity index (χ1v) is 5.85. The van der Waals surface area contributed by atoms with E-state index in [0.29, 0.717) is 5.19 Å². The van der Waals surface area contributed by atoms with Crippen molar-refractivity contribution in [2.45, 2.75) is 37.7 Å². The van der Waals surface area contributed by atoms with Gasteiger partial charge in [-0.05, 0) is 12.8 Å². The molecule has 78 valence electrons. The maximum absolute atomic E-state index is 10.3. The van der Waals surface area contributed by atoms with E-state index in [0.717, 1.165) is 31.4 Å². The van der Waals surface area contributed by atoms with Crippen LogP contribution in [0.4, 0.5) is 0 Å². The lowest BCUT2D eigenvalue weighted by Crippen LogP contribution is -2.28. The fourth-order valence-corrected chi connectivity index (χ4v) is 2.69. The Bertz CT molecular complexity index is 305. The summed E-state index contributed by atoms with van der Waals surface area (Å²) >= 11 is 1.45. The van der Waals surface area contributed by atoms with Crippen molar-refractivity contribution in [3.8, 4) is 5.19 Å². The summed E-state index contributed by atoms with van der Waals surface area (Å²) in [7, 11) is 1.60. The van der Waals surface area contributed by atoms with Gasteiger partial charge in [0.25, 0.3) is 5.19 Å². The molecule has 0 radical (unpaired) electrons. The number of hydrogen-bond acceptors (Lipinski definition) is 4. The van der Waals surface area contributed by atoms with Gasteiger partial charge in [-0.2, -0.15) is 0 Å². The Morgan fingerprint density at radius 1 is 1.43 bits per heavy atom. The summed E-state index contributed by atoms with van der Waals surface area (Å²) in [5.74, 6) is 0. The van der Waals surface area contributed by atoms with E-state index in [2.05, 4.69) is 4.98 Å². The molecule has 1 aliphatic rings. The molecule has 1 N–H and O–H groups in total. The molecule has 0 spiro atoms. The second-order valence-corrected chi connectivity index (χ2v) is 4.62. The number of ether oxygens (including phenoxy) is 1. The Morgan fingerprint density at radius 3 is 2.71 bits per heavy atom. The van der Waals surface area contributed by atoms with Gasteiger partial charge in [-0.1, -0.05) is 30.6 Å². The van der Waals surface area contributed by atoms with Gasteiger partial charge in [0.05, 0.1) is 12.8 Å². The summed E-state index contributed by atoms with van der Waals surface area (Å²) in [6.07, 6.45) is 5.08. The molecule has 1 heterocycles. The molecule has 1 fully saturated rings. The Labute approximate surface area is 87.7 Å². The summed E-state index contributed by atoms with van der Waals surface area (Å²) in [5, 5.41) is 12.9. The first-order chi connectivity index (χ1) is 6.74. The fourth-order valence-electron chi connectivity index (χ4n) is 1.96. The van der Waals surface area contributed by atoms with Gasteiger partial charge < -0.3 is 9.84 Å². The molecule has 4 heteroatoms. The number of methoxy groups -OCH3 is 1. The average Bonchev–Trinajstić information content (AvgIpc) is 2.67. The summed E-state index contributed by atoms with van der Waals surface area (Å²) in [6.45, 7) is 0. The van der Waals surface area contributed by atoms with Gasteiger partial charge in [0, 0.05) is 5.38 Å². The van der Waals surface area contributed by atoms with Gasteiger partial charge in [0.2, 0.25) is 0 Å². The van der Waals surface area contributed by atoms with E-state index in [1.54, 1.807) is 7.11 Å². The van der Waals surface area contributed by atoms with Crippen LogP contribution in [0.15, 0.2) is 5.38 Å². The fraction of sp³-hybridized carbons (Fsp3) is 0.700. The first-order valence-electron chi connectivity index (χ1n) is 4.97. The number of nitrogens with zero attached hydrogens (tertiary/aromatic N) is 1. The molecule has 0 bridgehead atoms. The van der Waals surface area contributed by atoms with Gasteiger partial charge in [-0.3, -0.25) is 0 Å². The van der Waals surface area contributed by atoms with Crippen LogP contribution in [-0.4, -0.2) is 17.2 Å². The van der Waals surface area contributed by atoms with E-state index in [4.69, 9.17) is 4.74 Å². The Balaban J connectivity index is 2.19. The standard InChI is InChI=1S/C10H15NO2S/c1-13-9-11-8(7-14-9)10(12)5-3-2-4-6-10/h7,12H,2-6H2,1H3. The molecule has 1 aromatic rings. The van der Waals surface area contributed by atoms with Gasteiger partial charge in [-0.25, -0.2) is 4.98 Å². The van der Waals surface area contributed by atoms with Gasteiger partial charge in [-0.15, -0.1) is 0 Å². The molecule has 0 aliphatic heterocycles. The molecule has 14 heavy (non-hydrogen) atoms. The molecule has 0 atom stereocenters. The van der Waals surface area contributed by atoms with Crippen molar-refractivity contribution in [2.24, 2.45) is 0 Å². The van der Waals surface area contributed by atoms with Crippen LogP contribution in [0, 0.1) is 0 Å². The maximum Gasteiger partial charge on any atom is 0.273 e. The third-order valence-electron chi connectivity index (χ3n) is 2.82. The van der Waals surface area contributed by atoms with E-state index in [1.807, 2.05) is 5.38 Å². The van der Waals surface area contributed by atoms with Crippen LogP contribution in [0.2, 0.25) is 0 Å². The lowest BCUT2D eigenvalue weighted by molar-refractivity contribution is -0.00437. The molecule has 0 saturated heterocycles. The summed E-state index contributed by atoms with van der Waals surface area (Å²) in [4.78, 5) is 4.27. The third-order valence-corrected chi connectivity index (χ3v) is 3.62. The zero-order valence-electron chi connectivity index (χ0n) is 8.32. The monoisotopic (exact) mass is 213 g/mol. The Kier molecular flexibility index (Phi) is 2.74. The highest BCUT2D eigenvalue weighted by Gasteiger charge is 2.33. The van der Waals surface area contributed by atoms with Gasteiger partial charge in [0.15, 0.2) is 0 Å². The molecule has 1 aromatic heterocycles. The second-order valence-electron chi connectivity index (χ2n) is 3.80. The predicted molar refractivity (Wildman–Crippen MR) is 55.6 cm³/mol. The minimum Gasteiger partial charge on any atom is -0.473 e. The van der Waals surface area contributed by atoms with E-state index in [-0.39, 0.29) is 0 Å². The van der Waals surface area contributed by atoms with Crippen LogP contribution >= 0.6 is 11.3 Å². The van der Waals surface area contributed by atoms with Crippen LogP contribution in [-0.2, 0) is 5.60 Å². The van der Waals surface area contributed by atoms with Gasteiger partial charge >= 0.3 is 0 Å². The quantitative estimate of drug-likeness (QED) is 0.819. The Hall–Kier alpha value is -0.610. The zero-order valence-corrected chi connectivity index (χ0v) is 9.14.